The van der Waals surface area contributed by atoms with Crippen LogP contribution in [0.3, 0.4) is 0 Å². The quantitative estimate of drug-likeness (QED) is 0.741. The molecule has 0 amide bonds. The summed E-state index contributed by atoms with van der Waals surface area (Å²) in [5.41, 5.74) is 5.24. The van der Waals surface area contributed by atoms with Gasteiger partial charge in [-0.25, -0.2) is 0 Å². The van der Waals surface area contributed by atoms with Crippen molar-refractivity contribution in [1.29, 1.82) is 0 Å². The molecule has 0 spiro atoms. The van der Waals surface area contributed by atoms with Gasteiger partial charge in [0.1, 0.15) is 17.6 Å². The Morgan fingerprint density at radius 2 is 1.88 bits per heavy atom. The molecule has 4 atom stereocenters. The lowest BCUT2D eigenvalue weighted by molar-refractivity contribution is -0.126. The minimum atomic E-state index is 0.191. The van der Waals surface area contributed by atoms with Gasteiger partial charge in [-0.1, -0.05) is 41.5 Å². The first-order valence-corrected chi connectivity index (χ1v) is 9.43. The number of carbonyl (C=O) groups excluding carboxylic acids is 1. The lowest BCUT2D eigenvalue weighted by Crippen LogP contribution is -2.42. The average molecular weight is 320 g/mol. The molecule has 3 aliphatic carbocycles. The van der Waals surface area contributed by atoms with Gasteiger partial charge in [0.15, 0.2) is 0 Å². The van der Waals surface area contributed by atoms with Gasteiger partial charge in [-0.3, -0.25) is 4.79 Å². The summed E-state index contributed by atoms with van der Waals surface area (Å²) in [4.78, 5) is 12.6. The van der Waals surface area contributed by atoms with Crippen LogP contribution >= 0.6 is 0 Å². The smallest absolute Gasteiger partial charge is 0.140 e. The summed E-state index contributed by atoms with van der Waals surface area (Å²) in [6, 6.07) is 8.69. The van der Waals surface area contributed by atoms with Crippen molar-refractivity contribution in [1.82, 2.24) is 0 Å². The van der Waals surface area contributed by atoms with E-state index in [4.69, 9.17) is 4.74 Å². The van der Waals surface area contributed by atoms with Crippen LogP contribution < -0.4 is 0 Å². The minimum absolute atomic E-state index is 0.191. The van der Waals surface area contributed by atoms with Crippen molar-refractivity contribution in [2.24, 2.45) is 17.8 Å². The SMILES string of the molecule is Cc1ccc(C2=C3C=C4CCCC(=O)[C@H]4[C@@H]4CCC[C@H](O2)[C@H]34)cc1. The normalized spacial score (nSPS) is 34.4. The summed E-state index contributed by atoms with van der Waals surface area (Å²) in [6.07, 6.45) is 9.03. The van der Waals surface area contributed by atoms with Crippen LogP contribution in [0.15, 0.2) is 41.5 Å². The van der Waals surface area contributed by atoms with Gasteiger partial charge in [-0.15, -0.1) is 0 Å². The highest BCUT2D eigenvalue weighted by Gasteiger charge is 2.51. The molecule has 0 aromatic heterocycles. The molecule has 0 radical (unpaired) electrons. The second-order valence-electron chi connectivity index (χ2n) is 7.94. The third kappa shape index (κ3) is 2.05. The third-order valence-corrected chi connectivity index (χ3v) is 6.50. The lowest BCUT2D eigenvalue weighted by atomic mass is 9.59. The maximum Gasteiger partial charge on any atom is 0.140 e. The Kier molecular flexibility index (Phi) is 3.23. The van der Waals surface area contributed by atoms with Crippen molar-refractivity contribution in [2.75, 3.05) is 0 Å². The number of benzene rings is 1. The maximum atomic E-state index is 12.6. The Morgan fingerprint density at radius 1 is 1.04 bits per heavy atom. The van der Waals surface area contributed by atoms with E-state index < -0.39 is 0 Å². The molecule has 1 aromatic carbocycles. The van der Waals surface area contributed by atoms with Gasteiger partial charge < -0.3 is 4.74 Å². The fraction of sp³-hybridized carbons (Fsp3) is 0.500. The Bertz CT molecular complexity index is 753. The van der Waals surface area contributed by atoms with E-state index in [1.807, 2.05) is 0 Å². The molecule has 0 unspecified atom stereocenters. The number of ether oxygens (including phenoxy) is 1. The highest BCUT2D eigenvalue weighted by molar-refractivity contribution is 5.86. The van der Waals surface area contributed by atoms with Crippen LogP contribution in [0.25, 0.3) is 5.76 Å². The summed E-state index contributed by atoms with van der Waals surface area (Å²) < 4.78 is 6.47. The molecule has 5 rings (SSSR count). The molecule has 2 nitrogen and oxygen atoms in total. The van der Waals surface area contributed by atoms with Gasteiger partial charge in [-0.05, 0) is 44.9 Å². The van der Waals surface area contributed by atoms with Crippen LogP contribution in [0, 0.1) is 24.7 Å². The van der Waals surface area contributed by atoms with E-state index >= 15 is 0 Å². The van der Waals surface area contributed by atoms with Gasteiger partial charge >= 0.3 is 0 Å². The highest BCUT2D eigenvalue weighted by atomic mass is 16.5. The molecule has 2 fully saturated rings. The first-order chi connectivity index (χ1) is 11.7. The predicted octanol–water partition coefficient (Wildman–Crippen LogP) is 4.83. The Hall–Kier alpha value is -1.83. The van der Waals surface area contributed by atoms with Crippen molar-refractivity contribution < 1.29 is 9.53 Å². The number of aryl methyl sites for hydroxylation is 1. The fourth-order valence-electron chi connectivity index (χ4n) is 5.46. The van der Waals surface area contributed by atoms with Gasteiger partial charge in [0, 0.05) is 29.4 Å². The molecular formula is C22H24O2. The zero-order chi connectivity index (χ0) is 16.3. The molecule has 1 aliphatic heterocycles. The summed E-state index contributed by atoms with van der Waals surface area (Å²) in [6.45, 7) is 2.12. The van der Waals surface area contributed by atoms with Crippen molar-refractivity contribution >= 4 is 11.5 Å². The molecule has 124 valence electrons. The fourth-order valence-corrected chi connectivity index (χ4v) is 5.46. The second-order valence-corrected chi connectivity index (χ2v) is 7.94. The first-order valence-electron chi connectivity index (χ1n) is 9.43. The van der Waals surface area contributed by atoms with E-state index in [9.17, 15) is 4.79 Å². The Labute approximate surface area is 143 Å². The van der Waals surface area contributed by atoms with Crippen molar-refractivity contribution in [3.05, 3.63) is 52.6 Å². The molecule has 0 bridgehead atoms. The molecule has 1 aromatic rings. The van der Waals surface area contributed by atoms with Crippen molar-refractivity contribution in [3.63, 3.8) is 0 Å². The molecule has 4 aliphatic rings. The van der Waals surface area contributed by atoms with E-state index in [0.29, 0.717) is 17.6 Å². The maximum absolute atomic E-state index is 12.6. The molecule has 2 heteroatoms. The highest BCUT2D eigenvalue weighted by Crippen LogP contribution is 2.55. The first kappa shape index (κ1) is 14.5. The topological polar surface area (TPSA) is 26.3 Å². The summed E-state index contributed by atoms with van der Waals surface area (Å²) in [7, 11) is 0. The standard InChI is InChI=1S/C22H24O2/c1-13-8-10-14(11-9-13)22-17-12-15-4-2-6-18(23)20(15)16-5-3-7-19(24-22)21(16)17/h8-12,16,19-21H,2-7H2,1H3/t16-,19-,20+,21-/m0/s1. The van der Waals surface area contributed by atoms with E-state index in [1.54, 1.807) is 0 Å². The zero-order valence-electron chi connectivity index (χ0n) is 14.3. The van der Waals surface area contributed by atoms with Crippen LogP contribution in [-0.2, 0) is 9.53 Å². The summed E-state index contributed by atoms with van der Waals surface area (Å²) >= 11 is 0. The number of rotatable bonds is 1. The van der Waals surface area contributed by atoms with Gasteiger partial charge in [0.2, 0.25) is 0 Å². The van der Waals surface area contributed by atoms with E-state index in [-0.39, 0.29) is 12.0 Å². The summed E-state index contributed by atoms with van der Waals surface area (Å²) in [5, 5.41) is 0. The number of fused-ring (bicyclic) bond motifs is 2. The van der Waals surface area contributed by atoms with Crippen LogP contribution in [0.5, 0.6) is 0 Å². The van der Waals surface area contributed by atoms with Gasteiger partial charge in [0.05, 0.1) is 0 Å². The van der Waals surface area contributed by atoms with Gasteiger partial charge in [-0.2, -0.15) is 0 Å². The number of Topliss-reactive ketones (excluding diaryl/α,β-unsaturated/α-hetero) is 1. The Balaban J connectivity index is 1.65. The largest absolute Gasteiger partial charge is 0.489 e. The molecule has 0 N–H and O–H groups in total. The van der Waals surface area contributed by atoms with Crippen LogP contribution in [0.1, 0.15) is 49.7 Å². The van der Waals surface area contributed by atoms with Crippen LogP contribution in [0.2, 0.25) is 0 Å². The molecule has 1 heterocycles. The van der Waals surface area contributed by atoms with Crippen LogP contribution in [-0.4, -0.2) is 11.9 Å². The monoisotopic (exact) mass is 320 g/mol. The van der Waals surface area contributed by atoms with Crippen LogP contribution in [0.4, 0.5) is 0 Å². The number of carbonyl (C=O) groups is 1. The van der Waals surface area contributed by atoms with Gasteiger partial charge in [0.25, 0.3) is 0 Å². The Morgan fingerprint density at radius 3 is 2.71 bits per heavy atom. The second kappa shape index (κ2) is 5.34. The van der Waals surface area contributed by atoms with E-state index in [0.717, 1.165) is 31.4 Å². The minimum Gasteiger partial charge on any atom is -0.489 e. The van der Waals surface area contributed by atoms with E-state index in [1.165, 1.54) is 35.1 Å². The molecule has 24 heavy (non-hydrogen) atoms. The van der Waals surface area contributed by atoms with Crippen molar-refractivity contribution in [3.8, 4) is 0 Å². The van der Waals surface area contributed by atoms with E-state index in [2.05, 4.69) is 37.3 Å². The zero-order valence-corrected chi connectivity index (χ0v) is 14.3. The number of ketones is 1. The number of hydrogen-bond donors (Lipinski definition) is 0. The molecule has 2 saturated carbocycles. The summed E-state index contributed by atoms with van der Waals surface area (Å²) in [5.74, 6) is 2.68. The molecule has 0 saturated heterocycles. The number of hydrogen-bond acceptors (Lipinski definition) is 2. The lowest BCUT2D eigenvalue weighted by Gasteiger charge is -2.43. The third-order valence-electron chi connectivity index (χ3n) is 6.50. The molecular weight excluding hydrogens is 296 g/mol. The average Bonchev–Trinajstić information content (AvgIpc) is 2.96. The number of allylic oxidation sites excluding steroid dienone is 2. The van der Waals surface area contributed by atoms with Crippen molar-refractivity contribution in [2.45, 2.75) is 51.6 Å². The predicted molar refractivity (Wildman–Crippen MR) is 94.2 cm³/mol.